The van der Waals surface area contributed by atoms with Gasteiger partial charge in [-0.15, -0.1) is 11.3 Å². The van der Waals surface area contributed by atoms with Gasteiger partial charge in [0.1, 0.15) is 24.2 Å². The molecule has 29 heavy (non-hydrogen) atoms. The highest BCUT2D eigenvalue weighted by molar-refractivity contribution is 7.18. The first-order valence-electron chi connectivity index (χ1n) is 10.3. The number of para-hydroxylation sites is 1. The van der Waals surface area contributed by atoms with Gasteiger partial charge in [-0.3, -0.25) is 4.90 Å². The van der Waals surface area contributed by atoms with Crippen LogP contribution in [0.25, 0.3) is 10.2 Å². The zero-order chi connectivity index (χ0) is 20.1. The number of aliphatic hydroxyl groups is 1. The molecule has 0 saturated carbocycles. The number of benzene rings is 2. The van der Waals surface area contributed by atoms with E-state index in [-0.39, 0.29) is 6.61 Å². The molecule has 2 atom stereocenters. The monoisotopic (exact) mass is 412 g/mol. The maximum Gasteiger partial charge on any atom is 0.119 e. The molecule has 6 heteroatoms. The zero-order valence-corrected chi connectivity index (χ0v) is 17.6. The van der Waals surface area contributed by atoms with E-state index in [0.717, 1.165) is 42.9 Å². The Hall–Kier alpha value is -2.15. The highest BCUT2D eigenvalue weighted by Gasteiger charge is 2.25. The summed E-state index contributed by atoms with van der Waals surface area (Å²) < 4.78 is 12.4. The summed E-state index contributed by atoms with van der Waals surface area (Å²) in [6.45, 7) is 5.48. The van der Waals surface area contributed by atoms with Gasteiger partial charge in [0.2, 0.25) is 0 Å². The summed E-state index contributed by atoms with van der Waals surface area (Å²) >= 11 is 1.80. The van der Waals surface area contributed by atoms with Gasteiger partial charge in [-0.05, 0) is 62.7 Å². The topological polar surface area (TPSA) is 54.8 Å². The van der Waals surface area contributed by atoms with E-state index in [1.807, 2.05) is 37.3 Å². The van der Waals surface area contributed by atoms with Gasteiger partial charge >= 0.3 is 0 Å². The molecule has 154 valence electrons. The fourth-order valence-electron chi connectivity index (χ4n) is 3.83. The molecule has 1 fully saturated rings. The summed E-state index contributed by atoms with van der Waals surface area (Å²) in [6, 6.07) is 15.9. The van der Waals surface area contributed by atoms with Crippen molar-refractivity contribution in [2.45, 2.75) is 31.8 Å². The van der Waals surface area contributed by atoms with Crippen LogP contribution in [0.4, 0.5) is 0 Å². The average molecular weight is 413 g/mol. The SMILES string of the molecule is CCOc1ccc(OC[C@H](O)CN2CCC[C@@H](c3nc4ccccc4s3)C2)cc1. The summed E-state index contributed by atoms with van der Waals surface area (Å²) in [5, 5.41) is 11.7. The third-order valence-electron chi connectivity index (χ3n) is 5.21. The standard InChI is InChI=1S/C23H28N2O3S/c1-2-27-19-9-11-20(12-10-19)28-16-18(26)15-25-13-5-6-17(14-25)23-24-21-7-3-4-8-22(21)29-23/h3-4,7-12,17-18,26H,2,5-6,13-16H2,1H3/t17-,18-/m1/s1. The van der Waals surface area contributed by atoms with E-state index in [1.165, 1.54) is 9.71 Å². The molecule has 1 aliphatic rings. The quantitative estimate of drug-likeness (QED) is 0.597. The Morgan fingerprint density at radius 1 is 1.14 bits per heavy atom. The number of hydrogen-bond donors (Lipinski definition) is 1. The van der Waals surface area contributed by atoms with Crippen LogP contribution in [0.2, 0.25) is 0 Å². The molecular formula is C23H28N2O3S. The third kappa shape index (κ3) is 5.26. The van der Waals surface area contributed by atoms with Crippen molar-refractivity contribution in [3.63, 3.8) is 0 Å². The van der Waals surface area contributed by atoms with Gasteiger partial charge in [0.05, 0.1) is 21.8 Å². The number of thiazole rings is 1. The van der Waals surface area contributed by atoms with Crippen LogP contribution >= 0.6 is 11.3 Å². The second-order valence-corrected chi connectivity index (χ2v) is 8.55. The second kappa shape index (κ2) is 9.57. The maximum atomic E-state index is 10.5. The first-order chi connectivity index (χ1) is 14.2. The van der Waals surface area contributed by atoms with Crippen molar-refractivity contribution < 1.29 is 14.6 Å². The number of β-amino-alcohol motifs (C(OH)–C–C–N with tert-alkyl or cyclic N) is 1. The Bertz CT molecular complexity index is 879. The molecule has 4 rings (SSSR count). The number of ether oxygens (including phenoxy) is 2. The van der Waals surface area contributed by atoms with Gasteiger partial charge in [-0.25, -0.2) is 4.98 Å². The second-order valence-electron chi connectivity index (χ2n) is 7.49. The summed E-state index contributed by atoms with van der Waals surface area (Å²) in [5.41, 5.74) is 1.09. The minimum Gasteiger partial charge on any atom is -0.494 e. The molecule has 3 aromatic rings. The van der Waals surface area contributed by atoms with E-state index in [1.54, 1.807) is 11.3 Å². The number of aromatic nitrogens is 1. The van der Waals surface area contributed by atoms with Gasteiger partial charge in [-0.1, -0.05) is 12.1 Å². The summed E-state index contributed by atoms with van der Waals surface area (Å²) in [5.74, 6) is 2.02. The Balaban J connectivity index is 1.28. The maximum absolute atomic E-state index is 10.5. The fraction of sp³-hybridized carbons (Fsp3) is 0.435. The molecule has 0 radical (unpaired) electrons. The molecule has 1 aliphatic heterocycles. The van der Waals surface area contributed by atoms with Crippen molar-refractivity contribution in [3.05, 3.63) is 53.5 Å². The van der Waals surface area contributed by atoms with Gasteiger partial charge in [-0.2, -0.15) is 0 Å². The van der Waals surface area contributed by atoms with E-state index in [9.17, 15) is 5.11 Å². The lowest BCUT2D eigenvalue weighted by Gasteiger charge is -2.33. The van der Waals surface area contributed by atoms with Gasteiger partial charge in [0.15, 0.2) is 0 Å². The molecule has 0 bridgehead atoms. The van der Waals surface area contributed by atoms with E-state index in [2.05, 4.69) is 23.1 Å². The van der Waals surface area contributed by atoms with Gasteiger partial charge in [0, 0.05) is 19.0 Å². The zero-order valence-electron chi connectivity index (χ0n) is 16.8. The van der Waals surface area contributed by atoms with Crippen molar-refractivity contribution in [1.82, 2.24) is 9.88 Å². The molecule has 2 aromatic carbocycles. The summed E-state index contributed by atoms with van der Waals surface area (Å²) in [7, 11) is 0. The predicted molar refractivity (Wildman–Crippen MR) is 117 cm³/mol. The van der Waals surface area contributed by atoms with Crippen LogP contribution in [0.15, 0.2) is 48.5 Å². The van der Waals surface area contributed by atoms with E-state index >= 15 is 0 Å². The Morgan fingerprint density at radius 3 is 2.66 bits per heavy atom. The first-order valence-corrected chi connectivity index (χ1v) is 11.1. The normalized spacial score (nSPS) is 18.6. The van der Waals surface area contributed by atoms with Crippen LogP contribution < -0.4 is 9.47 Å². The minimum atomic E-state index is -0.518. The van der Waals surface area contributed by atoms with Gasteiger partial charge < -0.3 is 14.6 Å². The number of rotatable bonds is 8. The van der Waals surface area contributed by atoms with Crippen molar-refractivity contribution in [1.29, 1.82) is 0 Å². The fourth-order valence-corrected chi connectivity index (χ4v) is 4.92. The Kier molecular flexibility index (Phi) is 6.64. The molecule has 1 aromatic heterocycles. The summed E-state index contributed by atoms with van der Waals surface area (Å²) in [4.78, 5) is 7.18. The Morgan fingerprint density at radius 2 is 1.90 bits per heavy atom. The van der Waals surface area contributed by atoms with Crippen LogP contribution in [0, 0.1) is 0 Å². The molecule has 5 nitrogen and oxygen atoms in total. The van der Waals surface area contributed by atoms with Crippen LogP contribution in [-0.2, 0) is 0 Å². The molecule has 1 saturated heterocycles. The van der Waals surface area contributed by atoms with Crippen LogP contribution in [0.5, 0.6) is 11.5 Å². The average Bonchev–Trinajstić information content (AvgIpc) is 3.18. The molecule has 0 spiro atoms. The Labute approximate surface area is 175 Å². The molecule has 0 unspecified atom stereocenters. The third-order valence-corrected chi connectivity index (χ3v) is 6.41. The molecule has 2 heterocycles. The van der Waals surface area contributed by atoms with Crippen molar-refractivity contribution in [2.24, 2.45) is 0 Å². The molecule has 0 amide bonds. The smallest absolute Gasteiger partial charge is 0.119 e. The molecule has 1 N–H and O–H groups in total. The number of piperidine rings is 1. The first kappa shape index (κ1) is 20.1. The van der Waals surface area contributed by atoms with Crippen LogP contribution in [0.1, 0.15) is 30.7 Å². The lowest BCUT2D eigenvalue weighted by Crippen LogP contribution is -2.41. The van der Waals surface area contributed by atoms with E-state index in [0.29, 0.717) is 19.1 Å². The lowest BCUT2D eigenvalue weighted by atomic mass is 9.98. The number of likely N-dealkylation sites (tertiary alicyclic amines) is 1. The highest BCUT2D eigenvalue weighted by atomic mass is 32.1. The molecular weight excluding hydrogens is 384 g/mol. The number of nitrogens with zero attached hydrogens (tertiary/aromatic N) is 2. The van der Waals surface area contributed by atoms with Gasteiger partial charge in [0.25, 0.3) is 0 Å². The molecule has 0 aliphatic carbocycles. The predicted octanol–water partition coefficient (Wildman–Crippen LogP) is 4.31. The number of aliphatic hydroxyl groups excluding tert-OH is 1. The summed E-state index contributed by atoms with van der Waals surface area (Å²) in [6.07, 6.45) is 1.78. The van der Waals surface area contributed by atoms with Crippen molar-refractivity contribution >= 4 is 21.6 Å². The lowest BCUT2D eigenvalue weighted by molar-refractivity contribution is 0.0583. The van der Waals surface area contributed by atoms with E-state index < -0.39 is 6.10 Å². The minimum absolute atomic E-state index is 0.288. The number of fused-ring (bicyclic) bond motifs is 1. The highest BCUT2D eigenvalue weighted by Crippen LogP contribution is 2.33. The van der Waals surface area contributed by atoms with Crippen LogP contribution in [0.3, 0.4) is 0 Å². The van der Waals surface area contributed by atoms with E-state index in [4.69, 9.17) is 14.5 Å². The largest absolute Gasteiger partial charge is 0.494 e. The van der Waals surface area contributed by atoms with Crippen LogP contribution in [-0.4, -0.2) is 53.9 Å². The van der Waals surface area contributed by atoms with Crippen molar-refractivity contribution in [2.75, 3.05) is 32.8 Å². The van der Waals surface area contributed by atoms with Crippen molar-refractivity contribution in [3.8, 4) is 11.5 Å². The number of hydrogen-bond acceptors (Lipinski definition) is 6.